The molecule has 1 rings (SSSR count). The molecule has 0 fully saturated rings. The highest BCUT2D eigenvalue weighted by atomic mass is 35.5. The molecule has 0 unspecified atom stereocenters. The molecule has 0 aromatic heterocycles. The maximum atomic E-state index is 11.2. The Bertz CT molecular complexity index is 352. The van der Waals surface area contributed by atoms with Crippen LogP contribution in [0.1, 0.15) is 10.4 Å². The van der Waals surface area contributed by atoms with Crippen LogP contribution in [0.4, 0.5) is 5.69 Å². The van der Waals surface area contributed by atoms with Crippen LogP contribution >= 0.6 is 23.2 Å². The average Bonchev–Trinajstić information content (AvgIpc) is 2.10. The van der Waals surface area contributed by atoms with Crippen LogP contribution < -0.4 is 11.1 Å². The topological polar surface area (TPSA) is 55.1 Å². The predicted octanol–water partition coefficient (Wildman–Crippen LogP) is 1.94. The fourth-order valence-electron chi connectivity index (χ4n) is 0.907. The highest BCUT2D eigenvalue weighted by Gasteiger charge is 2.11. The third-order valence-electron chi connectivity index (χ3n) is 1.57. The van der Waals surface area contributed by atoms with Crippen molar-refractivity contribution in [2.24, 2.45) is 0 Å². The van der Waals surface area contributed by atoms with Crippen molar-refractivity contribution in [3.63, 3.8) is 0 Å². The molecule has 13 heavy (non-hydrogen) atoms. The van der Waals surface area contributed by atoms with Gasteiger partial charge in [-0.1, -0.05) is 23.2 Å². The number of nitrogens with one attached hydrogen (secondary N) is 1. The number of nitrogens with two attached hydrogens (primary N) is 1. The number of anilines is 1. The minimum atomic E-state index is -0.304. The van der Waals surface area contributed by atoms with Gasteiger partial charge in [-0.25, -0.2) is 0 Å². The van der Waals surface area contributed by atoms with Gasteiger partial charge < -0.3 is 11.1 Å². The maximum absolute atomic E-state index is 11.2. The molecule has 3 nitrogen and oxygen atoms in total. The Labute approximate surface area is 85.8 Å². The van der Waals surface area contributed by atoms with E-state index in [-0.39, 0.29) is 16.6 Å². The van der Waals surface area contributed by atoms with E-state index in [1.165, 1.54) is 19.2 Å². The van der Waals surface area contributed by atoms with Crippen molar-refractivity contribution in [1.29, 1.82) is 0 Å². The summed E-state index contributed by atoms with van der Waals surface area (Å²) in [6.45, 7) is 0. The zero-order valence-corrected chi connectivity index (χ0v) is 8.41. The van der Waals surface area contributed by atoms with Crippen LogP contribution in [0.25, 0.3) is 0 Å². The van der Waals surface area contributed by atoms with Crippen molar-refractivity contribution in [3.8, 4) is 0 Å². The third kappa shape index (κ3) is 2.05. The van der Waals surface area contributed by atoms with E-state index in [4.69, 9.17) is 28.9 Å². The fourth-order valence-corrected chi connectivity index (χ4v) is 1.40. The van der Waals surface area contributed by atoms with E-state index in [1.54, 1.807) is 0 Å². The van der Waals surface area contributed by atoms with Gasteiger partial charge in [-0.05, 0) is 12.1 Å². The summed E-state index contributed by atoms with van der Waals surface area (Å²) in [5.41, 5.74) is 6.11. The Hall–Kier alpha value is -0.930. The van der Waals surface area contributed by atoms with Gasteiger partial charge in [-0.3, -0.25) is 4.79 Å². The summed E-state index contributed by atoms with van der Waals surface area (Å²) < 4.78 is 0. The van der Waals surface area contributed by atoms with Crippen LogP contribution in [0.3, 0.4) is 0 Å². The number of halogens is 2. The van der Waals surface area contributed by atoms with E-state index < -0.39 is 0 Å². The lowest BCUT2D eigenvalue weighted by molar-refractivity contribution is 0.0964. The highest BCUT2D eigenvalue weighted by Crippen LogP contribution is 2.27. The van der Waals surface area contributed by atoms with E-state index in [2.05, 4.69) is 5.32 Å². The quantitative estimate of drug-likeness (QED) is 0.709. The summed E-state index contributed by atoms with van der Waals surface area (Å²) in [5, 5.41) is 3.11. The number of hydrogen-bond acceptors (Lipinski definition) is 2. The molecule has 0 bridgehead atoms. The minimum Gasteiger partial charge on any atom is -0.397 e. The monoisotopic (exact) mass is 218 g/mol. The number of amides is 1. The molecular weight excluding hydrogens is 211 g/mol. The zero-order valence-electron chi connectivity index (χ0n) is 6.90. The molecule has 0 aliphatic rings. The summed E-state index contributed by atoms with van der Waals surface area (Å²) in [6.07, 6.45) is 0. The molecule has 1 aromatic rings. The Balaban J connectivity index is 3.28. The summed E-state index contributed by atoms with van der Waals surface area (Å²) in [4.78, 5) is 11.2. The van der Waals surface area contributed by atoms with Crippen molar-refractivity contribution in [1.82, 2.24) is 5.32 Å². The van der Waals surface area contributed by atoms with Gasteiger partial charge >= 0.3 is 0 Å². The van der Waals surface area contributed by atoms with Crippen LogP contribution in [-0.4, -0.2) is 13.0 Å². The zero-order chi connectivity index (χ0) is 10.0. The van der Waals surface area contributed by atoms with Crippen LogP contribution in [0.5, 0.6) is 0 Å². The van der Waals surface area contributed by atoms with Gasteiger partial charge in [0.05, 0.1) is 16.3 Å². The number of carbonyl (C=O) groups is 1. The average molecular weight is 219 g/mol. The van der Waals surface area contributed by atoms with E-state index in [0.717, 1.165) is 0 Å². The van der Waals surface area contributed by atoms with Gasteiger partial charge in [-0.2, -0.15) is 0 Å². The predicted molar refractivity (Wildman–Crippen MR) is 54.3 cm³/mol. The summed E-state index contributed by atoms with van der Waals surface area (Å²) >= 11 is 11.4. The number of nitrogen functional groups attached to an aromatic ring is 1. The molecule has 0 saturated heterocycles. The van der Waals surface area contributed by atoms with E-state index in [9.17, 15) is 4.79 Å². The van der Waals surface area contributed by atoms with Gasteiger partial charge in [0.2, 0.25) is 0 Å². The first-order valence-corrected chi connectivity index (χ1v) is 4.28. The van der Waals surface area contributed by atoms with Crippen LogP contribution in [0.15, 0.2) is 12.1 Å². The van der Waals surface area contributed by atoms with Gasteiger partial charge in [0.15, 0.2) is 0 Å². The summed E-state index contributed by atoms with van der Waals surface area (Å²) in [5.74, 6) is -0.304. The highest BCUT2D eigenvalue weighted by molar-refractivity contribution is 6.37. The number of hydrogen-bond donors (Lipinski definition) is 2. The van der Waals surface area contributed by atoms with Gasteiger partial charge in [0.1, 0.15) is 0 Å². The lowest BCUT2D eigenvalue weighted by Gasteiger charge is -2.06. The second kappa shape index (κ2) is 3.85. The lowest BCUT2D eigenvalue weighted by Crippen LogP contribution is -2.19. The second-order valence-corrected chi connectivity index (χ2v) is 3.27. The molecule has 3 N–H and O–H groups in total. The van der Waals surface area contributed by atoms with E-state index >= 15 is 0 Å². The van der Waals surface area contributed by atoms with E-state index in [0.29, 0.717) is 10.6 Å². The maximum Gasteiger partial charge on any atom is 0.253 e. The van der Waals surface area contributed by atoms with Crippen molar-refractivity contribution < 1.29 is 4.79 Å². The Kier molecular flexibility index (Phi) is 3.01. The third-order valence-corrected chi connectivity index (χ3v) is 2.10. The van der Waals surface area contributed by atoms with Crippen molar-refractivity contribution in [3.05, 3.63) is 27.7 Å². The van der Waals surface area contributed by atoms with E-state index in [1.807, 2.05) is 0 Å². The molecule has 0 radical (unpaired) electrons. The smallest absolute Gasteiger partial charge is 0.253 e. The van der Waals surface area contributed by atoms with Gasteiger partial charge in [0.25, 0.3) is 5.91 Å². The van der Waals surface area contributed by atoms with Crippen molar-refractivity contribution >= 4 is 34.8 Å². The molecule has 1 aromatic carbocycles. The largest absolute Gasteiger partial charge is 0.397 e. The SMILES string of the molecule is CNC(=O)c1cc(Cl)cc(Cl)c1N. The lowest BCUT2D eigenvalue weighted by atomic mass is 10.1. The van der Waals surface area contributed by atoms with Crippen LogP contribution in [0.2, 0.25) is 10.0 Å². The van der Waals surface area contributed by atoms with Crippen LogP contribution in [0, 0.1) is 0 Å². The normalized spacial score (nSPS) is 9.77. The van der Waals surface area contributed by atoms with Gasteiger partial charge in [-0.15, -0.1) is 0 Å². The summed E-state index contributed by atoms with van der Waals surface area (Å²) in [7, 11) is 1.51. The molecule has 0 aliphatic heterocycles. The van der Waals surface area contributed by atoms with Crippen LogP contribution in [-0.2, 0) is 0 Å². The standard InChI is InChI=1S/C8H8Cl2N2O/c1-12-8(13)5-2-4(9)3-6(10)7(5)11/h2-3H,11H2,1H3,(H,12,13). The number of benzene rings is 1. The molecule has 5 heteroatoms. The second-order valence-electron chi connectivity index (χ2n) is 2.43. The summed E-state index contributed by atoms with van der Waals surface area (Å²) in [6, 6.07) is 2.96. The van der Waals surface area contributed by atoms with Gasteiger partial charge in [0, 0.05) is 12.1 Å². The first-order valence-electron chi connectivity index (χ1n) is 3.53. The molecule has 1 amide bonds. The minimum absolute atomic E-state index is 0.241. The first-order chi connectivity index (χ1) is 6.06. The first kappa shape index (κ1) is 10.2. The Morgan fingerprint density at radius 3 is 2.62 bits per heavy atom. The fraction of sp³-hybridized carbons (Fsp3) is 0.125. The number of carbonyl (C=O) groups excluding carboxylic acids is 1. The molecule has 0 heterocycles. The molecule has 0 aliphatic carbocycles. The molecule has 0 atom stereocenters. The Morgan fingerprint density at radius 1 is 1.46 bits per heavy atom. The molecule has 0 spiro atoms. The molecule has 70 valence electrons. The number of rotatable bonds is 1. The molecule has 0 saturated carbocycles. The van der Waals surface area contributed by atoms with Crippen molar-refractivity contribution in [2.45, 2.75) is 0 Å². The molecular formula is C8H8Cl2N2O. The Morgan fingerprint density at radius 2 is 2.08 bits per heavy atom. The van der Waals surface area contributed by atoms with Crippen molar-refractivity contribution in [2.75, 3.05) is 12.8 Å².